The van der Waals surface area contributed by atoms with Crippen LogP contribution in [0.25, 0.3) is 4.96 Å². The van der Waals surface area contributed by atoms with Crippen LogP contribution in [-0.4, -0.2) is 57.4 Å². The van der Waals surface area contributed by atoms with E-state index >= 15 is 0 Å². The van der Waals surface area contributed by atoms with E-state index in [9.17, 15) is 9.90 Å². The molecule has 8 nitrogen and oxygen atoms in total. The molecule has 1 fully saturated rings. The topological polar surface area (TPSA) is 89.2 Å². The molecule has 0 bridgehead atoms. The van der Waals surface area contributed by atoms with Gasteiger partial charge in [-0.25, -0.2) is 4.98 Å². The molecule has 0 spiro atoms. The summed E-state index contributed by atoms with van der Waals surface area (Å²) in [6.45, 7) is 5.57. The summed E-state index contributed by atoms with van der Waals surface area (Å²) in [6.07, 6.45) is 2.39. The van der Waals surface area contributed by atoms with Crippen molar-refractivity contribution in [3.05, 3.63) is 40.5 Å². The lowest BCUT2D eigenvalue weighted by Gasteiger charge is -2.37. The van der Waals surface area contributed by atoms with E-state index in [1.807, 2.05) is 38.1 Å². The van der Waals surface area contributed by atoms with Gasteiger partial charge in [0.2, 0.25) is 10.8 Å². The predicted octanol–water partition coefficient (Wildman–Crippen LogP) is 3.43. The highest BCUT2D eigenvalue weighted by Crippen LogP contribution is 2.42. The predicted molar refractivity (Wildman–Crippen MR) is 118 cm³/mol. The number of ether oxygens (including phenoxy) is 2. The second-order valence-corrected chi connectivity index (χ2v) is 8.64. The second kappa shape index (κ2) is 9.23. The highest BCUT2D eigenvalue weighted by atomic mass is 32.1. The number of aromatic hydroxyl groups is 1. The Morgan fingerprint density at radius 1 is 1.39 bits per heavy atom. The number of carbonyl (C=O) groups is 1. The molecule has 1 saturated heterocycles. The third-order valence-corrected chi connectivity index (χ3v) is 6.73. The normalized spacial score (nSPS) is 18.2. The fraction of sp³-hybridized carbons (Fsp3) is 0.500. The number of methoxy groups -OCH3 is 1. The smallest absolute Gasteiger partial charge is 0.310 e. The Morgan fingerprint density at radius 2 is 2.23 bits per heavy atom. The van der Waals surface area contributed by atoms with Gasteiger partial charge in [0.15, 0.2) is 5.82 Å². The van der Waals surface area contributed by atoms with E-state index in [-0.39, 0.29) is 23.8 Å². The van der Waals surface area contributed by atoms with Crippen LogP contribution in [0.3, 0.4) is 0 Å². The third-order valence-electron chi connectivity index (χ3n) is 5.66. The Labute approximate surface area is 185 Å². The van der Waals surface area contributed by atoms with Crippen molar-refractivity contribution in [3.8, 4) is 11.6 Å². The zero-order valence-electron chi connectivity index (χ0n) is 18.1. The number of hydrogen-bond acceptors (Lipinski definition) is 8. The molecule has 3 heterocycles. The Hall–Kier alpha value is -2.65. The van der Waals surface area contributed by atoms with Crippen molar-refractivity contribution in [2.75, 3.05) is 26.8 Å². The Balaban J connectivity index is 1.76. The summed E-state index contributed by atoms with van der Waals surface area (Å²) < 4.78 is 12.2. The first kappa shape index (κ1) is 21.6. The fourth-order valence-electron chi connectivity index (χ4n) is 4.15. The lowest BCUT2D eigenvalue weighted by Crippen LogP contribution is -2.41. The molecule has 1 N–H and O–H groups in total. The summed E-state index contributed by atoms with van der Waals surface area (Å²) >= 11 is 1.43. The number of carbonyl (C=O) groups excluding carboxylic acids is 1. The summed E-state index contributed by atoms with van der Waals surface area (Å²) in [4.78, 5) is 20.6. The zero-order valence-corrected chi connectivity index (χ0v) is 18.9. The quantitative estimate of drug-likeness (QED) is 0.559. The van der Waals surface area contributed by atoms with Gasteiger partial charge in [-0.2, -0.15) is 4.52 Å². The number of hydrogen-bond donors (Lipinski definition) is 1. The highest BCUT2D eigenvalue weighted by molar-refractivity contribution is 7.17. The number of fused-ring (bicyclic) bond motifs is 1. The van der Waals surface area contributed by atoms with Crippen LogP contribution in [0.5, 0.6) is 11.6 Å². The summed E-state index contributed by atoms with van der Waals surface area (Å²) in [5.74, 6) is 1.20. The number of benzene rings is 1. The van der Waals surface area contributed by atoms with Gasteiger partial charge in [0, 0.05) is 13.0 Å². The zero-order chi connectivity index (χ0) is 22.0. The van der Waals surface area contributed by atoms with Crippen molar-refractivity contribution in [2.45, 2.75) is 39.2 Å². The lowest BCUT2D eigenvalue weighted by molar-refractivity contribution is -0.150. The van der Waals surface area contributed by atoms with Crippen molar-refractivity contribution in [3.63, 3.8) is 0 Å². The van der Waals surface area contributed by atoms with Crippen LogP contribution >= 0.6 is 11.3 Å². The molecule has 9 heteroatoms. The van der Waals surface area contributed by atoms with Gasteiger partial charge in [0.05, 0.1) is 30.6 Å². The maximum atomic E-state index is 12.4. The minimum absolute atomic E-state index is 0.0956. The van der Waals surface area contributed by atoms with Crippen LogP contribution in [-0.2, 0) is 16.0 Å². The molecule has 1 aromatic carbocycles. The van der Waals surface area contributed by atoms with Crippen molar-refractivity contribution in [2.24, 2.45) is 5.92 Å². The number of nitrogens with zero attached hydrogens (tertiary/aromatic N) is 4. The van der Waals surface area contributed by atoms with Crippen molar-refractivity contribution in [1.29, 1.82) is 0 Å². The standard InChI is InChI=1S/C22H28N4O4S/c1-4-17-23-22-26(24-17)20(27)19(31-22)18(14-8-6-10-16(12-14)29-3)25-11-7-9-15(13-25)21(28)30-5-2/h6,8,10,12,15,18,27H,4-5,7,9,11,13H2,1-3H3/t15-,18+/m1/s1. The number of rotatable bonds is 7. The van der Waals surface area contributed by atoms with Gasteiger partial charge in [0.25, 0.3) is 0 Å². The van der Waals surface area contributed by atoms with Gasteiger partial charge < -0.3 is 14.6 Å². The van der Waals surface area contributed by atoms with Crippen LogP contribution in [0.15, 0.2) is 24.3 Å². The molecule has 31 heavy (non-hydrogen) atoms. The molecule has 0 saturated carbocycles. The number of likely N-dealkylation sites (tertiary alicyclic amines) is 1. The van der Waals surface area contributed by atoms with Crippen LogP contribution in [0.1, 0.15) is 49.0 Å². The van der Waals surface area contributed by atoms with Gasteiger partial charge >= 0.3 is 5.97 Å². The molecule has 0 unspecified atom stereocenters. The Bertz CT molecular complexity index is 1060. The summed E-state index contributed by atoms with van der Waals surface area (Å²) in [5.41, 5.74) is 0.986. The van der Waals surface area contributed by atoms with E-state index in [1.54, 1.807) is 7.11 Å². The molecule has 0 radical (unpaired) electrons. The minimum Gasteiger partial charge on any atom is -0.497 e. The van der Waals surface area contributed by atoms with Crippen LogP contribution in [0.4, 0.5) is 0 Å². The van der Waals surface area contributed by atoms with Crippen LogP contribution in [0.2, 0.25) is 0 Å². The van der Waals surface area contributed by atoms with E-state index in [1.165, 1.54) is 15.9 Å². The molecule has 166 valence electrons. The number of thiazole rings is 1. The first-order chi connectivity index (χ1) is 15.0. The van der Waals surface area contributed by atoms with Gasteiger partial charge in [-0.1, -0.05) is 30.4 Å². The van der Waals surface area contributed by atoms with E-state index in [2.05, 4.69) is 15.0 Å². The molecule has 2 aromatic heterocycles. The first-order valence-electron chi connectivity index (χ1n) is 10.7. The second-order valence-electron chi connectivity index (χ2n) is 7.63. The van der Waals surface area contributed by atoms with E-state index < -0.39 is 0 Å². The van der Waals surface area contributed by atoms with E-state index in [4.69, 9.17) is 9.47 Å². The molecule has 0 amide bonds. The van der Waals surface area contributed by atoms with Crippen molar-refractivity contribution >= 4 is 22.3 Å². The molecule has 0 aliphatic carbocycles. The van der Waals surface area contributed by atoms with Gasteiger partial charge in [-0.3, -0.25) is 9.69 Å². The first-order valence-corrected chi connectivity index (χ1v) is 11.5. The molecule has 2 atom stereocenters. The van der Waals surface area contributed by atoms with Gasteiger partial charge in [-0.05, 0) is 44.0 Å². The molecule has 3 aromatic rings. The average Bonchev–Trinajstić information content (AvgIpc) is 3.33. The summed E-state index contributed by atoms with van der Waals surface area (Å²) in [5, 5.41) is 15.5. The largest absolute Gasteiger partial charge is 0.497 e. The van der Waals surface area contributed by atoms with E-state index in [0.717, 1.165) is 35.6 Å². The third kappa shape index (κ3) is 4.24. The summed E-state index contributed by atoms with van der Waals surface area (Å²) in [6, 6.07) is 7.59. The number of esters is 1. The van der Waals surface area contributed by atoms with Gasteiger partial charge in [-0.15, -0.1) is 5.10 Å². The molecule has 1 aliphatic heterocycles. The number of piperidine rings is 1. The van der Waals surface area contributed by atoms with Crippen molar-refractivity contribution in [1.82, 2.24) is 19.5 Å². The Morgan fingerprint density at radius 3 is 2.94 bits per heavy atom. The Kier molecular flexibility index (Phi) is 6.43. The average molecular weight is 445 g/mol. The fourth-order valence-corrected chi connectivity index (χ4v) is 5.29. The molecule has 1 aliphatic rings. The molecular formula is C22H28N4O4S. The number of aryl methyl sites for hydroxylation is 1. The molecular weight excluding hydrogens is 416 g/mol. The maximum absolute atomic E-state index is 12.4. The minimum atomic E-state index is -0.245. The van der Waals surface area contributed by atoms with Crippen LogP contribution < -0.4 is 4.74 Å². The van der Waals surface area contributed by atoms with Gasteiger partial charge in [0.1, 0.15) is 5.75 Å². The van der Waals surface area contributed by atoms with E-state index in [0.29, 0.717) is 30.4 Å². The van der Waals surface area contributed by atoms with Crippen molar-refractivity contribution < 1.29 is 19.4 Å². The highest BCUT2D eigenvalue weighted by Gasteiger charge is 2.35. The number of aromatic nitrogens is 3. The van der Waals surface area contributed by atoms with Crippen LogP contribution in [0, 0.1) is 5.92 Å². The SMILES string of the molecule is CCOC(=O)[C@@H]1CCCN([C@@H](c2cccc(OC)c2)c2sc3nc(CC)nn3c2O)C1. The molecule has 4 rings (SSSR count). The lowest BCUT2D eigenvalue weighted by atomic mass is 9.94. The summed E-state index contributed by atoms with van der Waals surface area (Å²) in [7, 11) is 1.64. The maximum Gasteiger partial charge on any atom is 0.310 e. The monoisotopic (exact) mass is 444 g/mol.